The number of benzene rings is 2. The summed E-state index contributed by atoms with van der Waals surface area (Å²) in [7, 11) is 0. The highest BCUT2D eigenvalue weighted by Gasteiger charge is 2.33. The summed E-state index contributed by atoms with van der Waals surface area (Å²) >= 11 is 0. The number of carbonyl (C=O) groups is 1. The number of ether oxygens (including phenoxy) is 1. The van der Waals surface area contributed by atoms with Crippen LogP contribution in [-0.2, 0) is 6.54 Å². The lowest BCUT2D eigenvalue weighted by Crippen LogP contribution is -2.42. The molecule has 1 atom stereocenters. The first kappa shape index (κ1) is 19.1. The van der Waals surface area contributed by atoms with E-state index in [2.05, 4.69) is 12.2 Å². The van der Waals surface area contributed by atoms with Crippen molar-refractivity contribution < 1.29 is 13.9 Å². The third-order valence-corrected chi connectivity index (χ3v) is 5.12. The van der Waals surface area contributed by atoms with Crippen LogP contribution in [0.5, 0.6) is 5.75 Å². The molecule has 1 unspecified atom stereocenters. The number of anilines is 1. The lowest BCUT2D eigenvalue weighted by molar-refractivity contribution is 0.0651. The Morgan fingerprint density at radius 3 is 2.79 bits per heavy atom. The number of fused-ring (bicyclic) bond motifs is 1. The first-order valence-corrected chi connectivity index (χ1v) is 10.2. The van der Waals surface area contributed by atoms with Crippen molar-refractivity contribution >= 4 is 11.6 Å². The average molecular weight is 390 g/mol. The maximum Gasteiger partial charge on any atom is 0.258 e. The molecule has 1 amide bonds. The Bertz CT molecular complexity index is 952. The van der Waals surface area contributed by atoms with Crippen LogP contribution in [0, 0.1) is 0 Å². The van der Waals surface area contributed by atoms with Crippen LogP contribution >= 0.6 is 0 Å². The van der Waals surface area contributed by atoms with Crippen LogP contribution in [0.15, 0.2) is 71.3 Å². The molecule has 0 aliphatic carbocycles. The second kappa shape index (κ2) is 8.86. The van der Waals surface area contributed by atoms with E-state index in [-0.39, 0.29) is 12.1 Å². The number of rotatable bonds is 8. The van der Waals surface area contributed by atoms with Crippen LogP contribution in [0.4, 0.5) is 5.69 Å². The third kappa shape index (κ3) is 4.29. The SMILES string of the molecule is CCCCCOc1cccc(C2Nc3ccccc3C(=O)N2Cc2ccco2)c1. The number of para-hydroxylation sites is 1. The molecular weight excluding hydrogens is 364 g/mol. The quantitative estimate of drug-likeness (QED) is 0.508. The van der Waals surface area contributed by atoms with Crippen molar-refractivity contribution in [3.05, 3.63) is 83.8 Å². The molecule has 0 spiro atoms. The fourth-order valence-electron chi connectivity index (χ4n) is 3.61. The Labute approximate surface area is 171 Å². The number of unbranched alkanes of at least 4 members (excludes halogenated alkanes) is 2. The van der Waals surface area contributed by atoms with E-state index in [0.717, 1.165) is 35.6 Å². The Morgan fingerprint density at radius 2 is 1.97 bits per heavy atom. The van der Waals surface area contributed by atoms with E-state index in [1.165, 1.54) is 6.42 Å². The van der Waals surface area contributed by atoms with Crippen molar-refractivity contribution in [2.45, 2.75) is 38.9 Å². The number of nitrogens with one attached hydrogen (secondary N) is 1. The minimum Gasteiger partial charge on any atom is -0.494 e. The van der Waals surface area contributed by atoms with Crippen LogP contribution < -0.4 is 10.1 Å². The fraction of sp³-hybridized carbons (Fsp3) is 0.292. The van der Waals surface area contributed by atoms with Gasteiger partial charge in [0.05, 0.1) is 25.0 Å². The van der Waals surface area contributed by atoms with E-state index < -0.39 is 0 Å². The van der Waals surface area contributed by atoms with Gasteiger partial charge in [-0.2, -0.15) is 0 Å². The normalized spacial score (nSPS) is 15.7. The number of hydrogen-bond acceptors (Lipinski definition) is 4. The molecule has 1 aliphatic rings. The summed E-state index contributed by atoms with van der Waals surface area (Å²) in [6.07, 6.45) is 4.69. The fourth-order valence-corrected chi connectivity index (χ4v) is 3.61. The molecule has 2 heterocycles. The van der Waals surface area contributed by atoms with Gasteiger partial charge >= 0.3 is 0 Å². The Hall–Kier alpha value is -3.21. The van der Waals surface area contributed by atoms with Gasteiger partial charge in [-0.3, -0.25) is 4.79 Å². The molecule has 1 aromatic heterocycles. The largest absolute Gasteiger partial charge is 0.494 e. The molecule has 0 bridgehead atoms. The summed E-state index contributed by atoms with van der Waals surface area (Å²) in [4.78, 5) is 15.1. The van der Waals surface area contributed by atoms with Gasteiger partial charge in [0, 0.05) is 5.69 Å². The molecule has 150 valence electrons. The van der Waals surface area contributed by atoms with E-state index in [1.807, 2.05) is 60.7 Å². The van der Waals surface area contributed by atoms with E-state index in [4.69, 9.17) is 9.15 Å². The minimum absolute atomic E-state index is 0.0185. The van der Waals surface area contributed by atoms with Crippen LogP contribution in [0.3, 0.4) is 0 Å². The summed E-state index contributed by atoms with van der Waals surface area (Å²) in [6.45, 7) is 3.27. The van der Waals surface area contributed by atoms with Crippen LogP contribution in [0.25, 0.3) is 0 Å². The molecule has 0 saturated heterocycles. The van der Waals surface area contributed by atoms with Crippen LogP contribution in [0.2, 0.25) is 0 Å². The minimum atomic E-state index is -0.304. The maximum atomic E-state index is 13.3. The predicted octanol–water partition coefficient (Wildman–Crippen LogP) is 5.62. The van der Waals surface area contributed by atoms with Gasteiger partial charge in [-0.15, -0.1) is 0 Å². The summed E-state index contributed by atoms with van der Waals surface area (Å²) in [5.74, 6) is 1.55. The molecule has 5 nitrogen and oxygen atoms in total. The molecule has 0 radical (unpaired) electrons. The molecule has 0 saturated carbocycles. The van der Waals surface area contributed by atoms with Crippen molar-refractivity contribution in [1.29, 1.82) is 0 Å². The predicted molar refractivity (Wildman–Crippen MR) is 113 cm³/mol. The molecule has 3 aromatic rings. The summed E-state index contributed by atoms with van der Waals surface area (Å²) in [5, 5.41) is 3.52. The summed E-state index contributed by atoms with van der Waals surface area (Å²) in [5.41, 5.74) is 2.49. The first-order chi connectivity index (χ1) is 14.3. The smallest absolute Gasteiger partial charge is 0.258 e. The van der Waals surface area contributed by atoms with E-state index in [9.17, 15) is 4.79 Å². The van der Waals surface area contributed by atoms with Crippen molar-refractivity contribution in [3.63, 3.8) is 0 Å². The topological polar surface area (TPSA) is 54.7 Å². The summed E-state index contributed by atoms with van der Waals surface area (Å²) in [6, 6.07) is 19.3. The van der Waals surface area contributed by atoms with E-state index >= 15 is 0 Å². The number of furan rings is 1. The van der Waals surface area contributed by atoms with Gasteiger partial charge in [0.1, 0.15) is 17.7 Å². The Morgan fingerprint density at radius 1 is 1.07 bits per heavy atom. The monoisotopic (exact) mass is 390 g/mol. The zero-order valence-corrected chi connectivity index (χ0v) is 16.6. The highest BCUT2D eigenvalue weighted by Crippen LogP contribution is 2.35. The Kier molecular flexibility index (Phi) is 5.84. The van der Waals surface area contributed by atoms with Gasteiger partial charge in [-0.25, -0.2) is 0 Å². The van der Waals surface area contributed by atoms with Gasteiger partial charge in [0.2, 0.25) is 0 Å². The lowest BCUT2D eigenvalue weighted by Gasteiger charge is -2.37. The standard InChI is InChI=1S/C24H26N2O3/c1-2-3-6-14-28-19-10-7-9-18(16-19)23-25-22-13-5-4-12-21(22)24(27)26(23)17-20-11-8-15-29-20/h4-5,7-13,15-16,23,25H,2-3,6,14,17H2,1H3. The molecule has 4 rings (SSSR count). The molecule has 29 heavy (non-hydrogen) atoms. The molecule has 1 aliphatic heterocycles. The molecule has 1 N–H and O–H groups in total. The van der Waals surface area contributed by atoms with Crippen molar-refractivity contribution in [2.75, 3.05) is 11.9 Å². The number of amides is 1. The highest BCUT2D eigenvalue weighted by molar-refractivity contribution is 6.01. The van der Waals surface area contributed by atoms with Gasteiger partial charge in [-0.05, 0) is 48.4 Å². The number of hydrogen-bond donors (Lipinski definition) is 1. The molecule has 2 aromatic carbocycles. The zero-order valence-electron chi connectivity index (χ0n) is 16.6. The van der Waals surface area contributed by atoms with Crippen LogP contribution in [-0.4, -0.2) is 17.4 Å². The van der Waals surface area contributed by atoms with Gasteiger partial charge in [0.15, 0.2) is 0 Å². The number of nitrogens with zero attached hydrogens (tertiary/aromatic N) is 1. The first-order valence-electron chi connectivity index (χ1n) is 10.2. The molecule has 0 fully saturated rings. The van der Waals surface area contributed by atoms with Crippen LogP contribution in [0.1, 0.15) is 54.0 Å². The van der Waals surface area contributed by atoms with Crippen molar-refractivity contribution in [2.24, 2.45) is 0 Å². The summed E-state index contributed by atoms with van der Waals surface area (Å²) < 4.78 is 11.4. The van der Waals surface area contributed by atoms with Gasteiger partial charge in [-0.1, -0.05) is 44.0 Å². The van der Waals surface area contributed by atoms with E-state index in [0.29, 0.717) is 18.7 Å². The third-order valence-electron chi connectivity index (χ3n) is 5.12. The van der Waals surface area contributed by atoms with Gasteiger partial charge < -0.3 is 19.4 Å². The van der Waals surface area contributed by atoms with Gasteiger partial charge in [0.25, 0.3) is 5.91 Å². The zero-order chi connectivity index (χ0) is 20.1. The highest BCUT2D eigenvalue weighted by atomic mass is 16.5. The van der Waals surface area contributed by atoms with Crippen molar-refractivity contribution in [3.8, 4) is 5.75 Å². The van der Waals surface area contributed by atoms with E-state index in [1.54, 1.807) is 11.2 Å². The maximum absolute atomic E-state index is 13.3. The average Bonchev–Trinajstić information content (AvgIpc) is 3.27. The lowest BCUT2D eigenvalue weighted by atomic mass is 10.0. The molecular formula is C24H26N2O3. The van der Waals surface area contributed by atoms with Crippen molar-refractivity contribution in [1.82, 2.24) is 4.90 Å². The molecule has 5 heteroatoms. The second-order valence-corrected chi connectivity index (χ2v) is 7.23. The Balaban J connectivity index is 1.62. The number of carbonyl (C=O) groups excluding carboxylic acids is 1. The second-order valence-electron chi connectivity index (χ2n) is 7.23.